The van der Waals surface area contributed by atoms with Gasteiger partial charge in [-0.15, -0.1) is 0 Å². The van der Waals surface area contributed by atoms with Crippen LogP contribution in [0.2, 0.25) is 0 Å². The van der Waals surface area contributed by atoms with Crippen LogP contribution in [0.1, 0.15) is 154 Å². The van der Waals surface area contributed by atoms with E-state index in [4.69, 9.17) is 22.9 Å². The minimum atomic E-state index is -2.05. The van der Waals surface area contributed by atoms with Gasteiger partial charge in [0.1, 0.15) is 42.0 Å². The molecule has 2 aliphatic heterocycles. The van der Waals surface area contributed by atoms with Crippen LogP contribution in [0.3, 0.4) is 0 Å². The van der Waals surface area contributed by atoms with Crippen LogP contribution in [0.4, 0.5) is 0 Å². The first-order valence-electron chi connectivity index (χ1n) is 27.1. The lowest BCUT2D eigenvalue weighted by Gasteiger charge is -2.30. The molecule has 3 rings (SSSR count). The quantitative estimate of drug-likeness (QED) is 0.0356. The molecule has 78 heavy (non-hydrogen) atoms. The second kappa shape index (κ2) is 34.7. The number of unbranched alkanes of at least 4 members (excludes halogenated alkanes) is 12. The van der Waals surface area contributed by atoms with Gasteiger partial charge in [-0.2, -0.15) is 0 Å². The molecule has 1 aromatic carbocycles. The van der Waals surface area contributed by atoms with Crippen LogP contribution < -0.4 is 60.4 Å². The number of carbonyl (C=O) groups is 12. The van der Waals surface area contributed by atoms with E-state index in [2.05, 4.69) is 44.4 Å². The minimum Gasteiger partial charge on any atom is -0.508 e. The van der Waals surface area contributed by atoms with Crippen LogP contribution in [0, 0.1) is 0 Å². The van der Waals surface area contributed by atoms with E-state index in [1.54, 1.807) is 0 Å². The molecule has 2 saturated heterocycles. The van der Waals surface area contributed by atoms with Crippen LogP contribution in [0.25, 0.3) is 0 Å². The number of hydrogen-bond donors (Lipinski definition) is 13. The first-order valence-corrected chi connectivity index (χ1v) is 27.1. The number of phenols is 1. The number of Topliss-reactive ketones (excluding diaryl/α,β-unsaturated/α-hetero) is 2. The molecule has 1 aromatic rings. The first kappa shape index (κ1) is 65.2. The van der Waals surface area contributed by atoms with Crippen LogP contribution in [-0.2, 0) is 64.0 Å². The van der Waals surface area contributed by atoms with Gasteiger partial charge in [-0.05, 0) is 43.4 Å². The monoisotopic (exact) mass is 1100 g/mol. The van der Waals surface area contributed by atoms with E-state index in [1.165, 1.54) is 62.8 Å². The Balaban J connectivity index is 2.06. The maximum Gasteiger partial charge on any atom is 0.248 e. The SMILES string of the molecule is CCCCCCCCCCCCCCCC1CC(=O)N[C@@H](CC(N)=O)C(=O)N[C@@H](Cc2ccc(O)cc2)C(=O)N[C@@H](CC(N)=O)C(=O)C(=O)[C@H](CCC(N)=O)NC(=O)[C@@H]2CCCN2C(=O)[C@H](CO)NC(=O)[C@H](CC(N)=O)NN1. The van der Waals surface area contributed by atoms with Crippen molar-refractivity contribution in [3.8, 4) is 5.75 Å². The van der Waals surface area contributed by atoms with Gasteiger partial charge in [-0.1, -0.05) is 103 Å². The van der Waals surface area contributed by atoms with Gasteiger partial charge in [0.15, 0.2) is 0 Å². The standard InChI is InChI=1S/C52H82N12O14/c1-2-3-4-5-6-7-8-9-10-11-12-13-14-16-32-26-45(71)57-37(28-43(55)69)49(75)60-36(25-31-18-20-33(66)21-19-31)48(74)59-35(27-42(54)68)47(73)46(72)34(22-23-41(53)67)58-51(77)40-17-15-24-64(40)52(78)39(30-65)61-50(76)38(63-62-32)29-44(56)70/h18-21,32,34-40,62-63,65-66H,2-17,22-30H2,1H3,(H2,53,67)(H2,54,68)(H2,55,69)(H2,56,70)(H,57,71)(H,58,77)(H,59,74)(H,60,75)(H,61,76)/t32?,34-,35-,36-,37-,38-,39-,40-/m0/s1. The maximum atomic E-state index is 14.3. The normalized spacial score (nSPS) is 23.6. The fraction of sp³-hybridized carbons (Fsp3) is 0.654. The fourth-order valence-corrected chi connectivity index (χ4v) is 9.31. The van der Waals surface area contributed by atoms with Crippen molar-refractivity contribution in [1.29, 1.82) is 0 Å². The number of hydrazine groups is 1. The molecule has 17 N–H and O–H groups in total. The third-order valence-electron chi connectivity index (χ3n) is 13.6. The Hall–Kier alpha value is -7.06. The van der Waals surface area contributed by atoms with Crippen LogP contribution in [0.5, 0.6) is 5.75 Å². The zero-order valence-electron chi connectivity index (χ0n) is 44.7. The summed E-state index contributed by atoms with van der Waals surface area (Å²) in [5.41, 5.74) is 27.8. The largest absolute Gasteiger partial charge is 0.508 e. The van der Waals surface area contributed by atoms with Crippen molar-refractivity contribution in [2.75, 3.05) is 13.2 Å². The van der Waals surface area contributed by atoms with Crippen molar-refractivity contribution in [1.82, 2.24) is 42.3 Å². The zero-order valence-corrected chi connectivity index (χ0v) is 44.7. The lowest BCUT2D eigenvalue weighted by atomic mass is 9.95. The Labute approximate surface area is 454 Å². The summed E-state index contributed by atoms with van der Waals surface area (Å²) in [7, 11) is 0. The van der Waals surface area contributed by atoms with E-state index >= 15 is 0 Å². The van der Waals surface area contributed by atoms with Gasteiger partial charge >= 0.3 is 0 Å². The second-order valence-corrected chi connectivity index (χ2v) is 20.1. The molecule has 10 amide bonds. The van der Waals surface area contributed by atoms with E-state index in [0.29, 0.717) is 12.0 Å². The van der Waals surface area contributed by atoms with E-state index in [1.807, 2.05) is 0 Å². The molecule has 0 aromatic heterocycles. The number of rotatable bonds is 26. The van der Waals surface area contributed by atoms with Gasteiger partial charge in [-0.25, -0.2) is 5.43 Å². The molecule has 2 aliphatic rings. The van der Waals surface area contributed by atoms with Crippen LogP contribution in [-0.4, -0.2) is 147 Å². The Kier molecular flexibility index (Phi) is 29.0. The minimum absolute atomic E-state index is 0.00681. The summed E-state index contributed by atoms with van der Waals surface area (Å²) in [4.78, 5) is 163. The predicted octanol–water partition coefficient (Wildman–Crippen LogP) is -1.91. The number of ketones is 2. The topological polar surface area (TPSA) is 437 Å². The number of aromatic hydroxyl groups is 1. The number of aliphatic hydroxyl groups excluding tert-OH is 1. The second-order valence-electron chi connectivity index (χ2n) is 20.1. The Bertz CT molecular complexity index is 2230. The fourth-order valence-electron chi connectivity index (χ4n) is 9.31. The van der Waals surface area contributed by atoms with Crippen LogP contribution >= 0.6 is 0 Å². The number of benzene rings is 1. The maximum absolute atomic E-state index is 14.3. The number of carbonyl (C=O) groups excluding carboxylic acids is 12. The summed E-state index contributed by atoms with van der Waals surface area (Å²) in [5, 5.41) is 32.3. The van der Waals surface area contributed by atoms with Crippen molar-refractivity contribution in [3.05, 3.63) is 29.8 Å². The van der Waals surface area contributed by atoms with E-state index in [9.17, 15) is 67.7 Å². The van der Waals surface area contributed by atoms with Crippen molar-refractivity contribution < 1.29 is 67.7 Å². The molecule has 434 valence electrons. The number of fused-ring (bicyclic) bond motifs is 1. The summed E-state index contributed by atoms with van der Waals surface area (Å²) in [6.07, 6.45) is 9.99. The average molecular weight is 1100 g/mol. The number of phenolic OH excluding ortho intramolecular Hbond substituents is 1. The molecule has 0 aliphatic carbocycles. The predicted molar refractivity (Wildman–Crippen MR) is 282 cm³/mol. The lowest BCUT2D eigenvalue weighted by Crippen LogP contribution is -2.60. The van der Waals surface area contributed by atoms with Gasteiger partial charge in [-0.3, -0.25) is 63.0 Å². The highest BCUT2D eigenvalue weighted by Crippen LogP contribution is 2.21. The Morgan fingerprint density at radius 1 is 0.551 bits per heavy atom. The van der Waals surface area contributed by atoms with Crippen molar-refractivity contribution in [2.24, 2.45) is 22.9 Å². The number of hydrogen-bond acceptors (Lipinski definition) is 16. The molecule has 0 radical (unpaired) electrons. The smallest absolute Gasteiger partial charge is 0.248 e. The highest BCUT2D eigenvalue weighted by atomic mass is 16.3. The number of nitrogens with one attached hydrogen (secondary N) is 7. The van der Waals surface area contributed by atoms with Gasteiger partial charge in [0.05, 0.1) is 31.9 Å². The van der Waals surface area contributed by atoms with Gasteiger partial charge in [0.2, 0.25) is 70.6 Å². The van der Waals surface area contributed by atoms with E-state index < -0.39 is 164 Å². The van der Waals surface area contributed by atoms with Crippen molar-refractivity contribution in [2.45, 2.75) is 203 Å². The molecule has 2 fully saturated rings. The summed E-state index contributed by atoms with van der Waals surface area (Å²) in [6.45, 7) is 1.11. The average Bonchev–Trinajstić information content (AvgIpc) is 3.89. The molecule has 26 nitrogen and oxygen atoms in total. The van der Waals surface area contributed by atoms with Crippen LogP contribution in [0.15, 0.2) is 24.3 Å². The molecule has 0 spiro atoms. The summed E-state index contributed by atoms with van der Waals surface area (Å²) >= 11 is 0. The molecule has 2 heterocycles. The number of nitrogens with zero attached hydrogens (tertiary/aromatic N) is 1. The molecule has 26 heteroatoms. The molecule has 1 unspecified atom stereocenters. The van der Waals surface area contributed by atoms with E-state index in [0.717, 1.165) is 43.4 Å². The molecular formula is C52H82N12O14. The molecular weight excluding hydrogens is 1020 g/mol. The van der Waals surface area contributed by atoms with E-state index in [-0.39, 0.29) is 38.0 Å². The number of nitrogens with two attached hydrogens (primary N) is 4. The van der Waals surface area contributed by atoms with Crippen molar-refractivity contribution in [3.63, 3.8) is 0 Å². The number of primary amides is 4. The number of aliphatic hydroxyl groups is 1. The Morgan fingerprint density at radius 3 is 1.60 bits per heavy atom. The lowest BCUT2D eigenvalue weighted by molar-refractivity contribution is -0.144. The summed E-state index contributed by atoms with van der Waals surface area (Å²) in [6, 6.07) is -7.43. The van der Waals surface area contributed by atoms with Gasteiger partial charge < -0.3 is 64.6 Å². The van der Waals surface area contributed by atoms with Gasteiger partial charge in [0, 0.05) is 31.8 Å². The molecule has 0 saturated carbocycles. The zero-order chi connectivity index (χ0) is 57.7. The number of amides is 10. The highest BCUT2D eigenvalue weighted by Gasteiger charge is 2.42. The van der Waals surface area contributed by atoms with Gasteiger partial charge in [0.25, 0.3) is 0 Å². The van der Waals surface area contributed by atoms with Crippen molar-refractivity contribution >= 4 is 70.6 Å². The Morgan fingerprint density at radius 2 is 1.04 bits per heavy atom. The molecule has 8 atom stereocenters. The highest BCUT2D eigenvalue weighted by molar-refractivity contribution is 6.42. The summed E-state index contributed by atoms with van der Waals surface area (Å²) < 4.78 is 0. The third-order valence-corrected chi connectivity index (χ3v) is 13.6. The third kappa shape index (κ3) is 23.7. The summed E-state index contributed by atoms with van der Waals surface area (Å²) in [5.74, 6) is -13.3. The first-order chi connectivity index (χ1) is 37.1. The molecule has 0 bridgehead atoms.